The van der Waals surface area contributed by atoms with Gasteiger partial charge >= 0.3 is 6.03 Å². The first-order valence-corrected chi connectivity index (χ1v) is 8.70. The van der Waals surface area contributed by atoms with Crippen molar-refractivity contribution >= 4 is 40.0 Å². The third kappa shape index (κ3) is 3.49. The Labute approximate surface area is 165 Å². The number of halogens is 1. The summed E-state index contributed by atoms with van der Waals surface area (Å²) in [5.74, 6) is 0.711. The Balaban J connectivity index is 1.66. The molecule has 2 aromatic heterocycles. The number of urea groups is 1. The maximum Gasteiger partial charge on any atom is 0.324 e. The molecule has 0 radical (unpaired) electrons. The van der Waals surface area contributed by atoms with Gasteiger partial charge in [-0.15, -0.1) is 0 Å². The number of rotatable bonds is 3. The van der Waals surface area contributed by atoms with Crippen molar-refractivity contribution in [2.24, 2.45) is 0 Å². The van der Waals surface area contributed by atoms with Gasteiger partial charge in [0, 0.05) is 16.1 Å². The van der Waals surface area contributed by atoms with Crippen molar-refractivity contribution in [3.63, 3.8) is 0 Å². The van der Waals surface area contributed by atoms with Crippen LogP contribution in [-0.4, -0.2) is 20.8 Å². The van der Waals surface area contributed by atoms with Crippen molar-refractivity contribution in [2.45, 2.75) is 0 Å². The van der Waals surface area contributed by atoms with Crippen LogP contribution in [0.4, 0.5) is 16.3 Å². The molecule has 0 aliphatic heterocycles. The van der Waals surface area contributed by atoms with E-state index in [1.165, 1.54) is 10.9 Å². The van der Waals surface area contributed by atoms with Crippen LogP contribution < -0.4 is 10.6 Å². The van der Waals surface area contributed by atoms with Crippen LogP contribution in [0.15, 0.2) is 66.9 Å². The largest absolute Gasteiger partial charge is 0.324 e. The lowest BCUT2D eigenvalue weighted by molar-refractivity contribution is 0.262. The number of benzene rings is 2. The van der Waals surface area contributed by atoms with Gasteiger partial charge in [0.05, 0.1) is 11.7 Å². The number of pyridine rings is 1. The number of carbonyl (C=O) groups excluding carboxylic acids is 1. The molecule has 0 aliphatic carbocycles. The quantitative estimate of drug-likeness (QED) is 0.536. The number of nitriles is 1. The molecule has 0 spiro atoms. The lowest BCUT2D eigenvalue weighted by Gasteiger charge is -2.11. The third-order valence-corrected chi connectivity index (χ3v) is 4.24. The van der Waals surface area contributed by atoms with Gasteiger partial charge in [-0.2, -0.15) is 15.0 Å². The predicted molar refractivity (Wildman–Crippen MR) is 108 cm³/mol. The normalized spacial score (nSPS) is 10.4. The highest BCUT2D eigenvalue weighted by Gasteiger charge is 2.16. The summed E-state index contributed by atoms with van der Waals surface area (Å²) in [6.07, 6.45) is 1.38. The fourth-order valence-electron chi connectivity index (χ4n) is 2.73. The molecule has 4 aromatic rings. The second-order valence-electron chi connectivity index (χ2n) is 5.88. The minimum absolute atomic E-state index is 0.219. The van der Waals surface area contributed by atoms with Gasteiger partial charge in [0.25, 0.3) is 0 Å². The molecule has 8 heteroatoms. The number of amides is 2. The number of fused-ring (bicyclic) bond motifs is 1. The Morgan fingerprint density at radius 3 is 2.75 bits per heavy atom. The van der Waals surface area contributed by atoms with E-state index in [-0.39, 0.29) is 11.4 Å². The van der Waals surface area contributed by atoms with Crippen LogP contribution in [0, 0.1) is 11.3 Å². The van der Waals surface area contributed by atoms with Crippen LogP contribution in [-0.2, 0) is 0 Å². The highest BCUT2D eigenvalue weighted by atomic mass is 35.5. The Morgan fingerprint density at radius 1 is 1.07 bits per heavy atom. The van der Waals surface area contributed by atoms with Gasteiger partial charge in [-0.25, -0.2) is 9.78 Å². The summed E-state index contributed by atoms with van der Waals surface area (Å²) in [6.45, 7) is 0. The molecule has 2 N–H and O–H groups in total. The highest BCUT2D eigenvalue weighted by molar-refractivity contribution is 6.30. The monoisotopic (exact) mass is 388 g/mol. The maximum atomic E-state index is 12.4. The molecule has 0 saturated heterocycles. The molecular weight excluding hydrogens is 376 g/mol. The fraction of sp³-hybridized carbons (Fsp3) is 0. The molecule has 0 bridgehead atoms. The number of nitrogens with zero attached hydrogens (tertiary/aromatic N) is 4. The molecule has 0 unspecified atom stereocenters. The summed E-state index contributed by atoms with van der Waals surface area (Å²) in [7, 11) is 0. The molecule has 28 heavy (non-hydrogen) atoms. The van der Waals surface area contributed by atoms with Crippen molar-refractivity contribution < 1.29 is 4.79 Å². The molecular formula is C20H13ClN6O. The Bertz CT molecular complexity index is 1230. The van der Waals surface area contributed by atoms with Crippen LogP contribution in [0.5, 0.6) is 0 Å². The Morgan fingerprint density at radius 2 is 1.93 bits per heavy atom. The van der Waals surface area contributed by atoms with Crippen molar-refractivity contribution in [3.8, 4) is 11.9 Å². The molecule has 136 valence electrons. The Kier molecular flexibility index (Phi) is 4.62. The minimum Gasteiger partial charge on any atom is -0.308 e. The van der Waals surface area contributed by atoms with Gasteiger partial charge < -0.3 is 5.32 Å². The van der Waals surface area contributed by atoms with Gasteiger partial charge in [-0.05, 0) is 36.4 Å². The van der Waals surface area contributed by atoms with Crippen LogP contribution in [0.3, 0.4) is 0 Å². The van der Waals surface area contributed by atoms with E-state index >= 15 is 0 Å². The van der Waals surface area contributed by atoms with Gasteiger partial charge in [-0.1, -0.05) is 35.9 Å². The van der Waals surface area contributed by atoms with Gasteiger partial charge in [0.15, 0.2) is 11.6 Å². The molecule has 0 saturated carbocycles. The topological polar surface area (TPSA) is 95.6 Å². The number of anilines is 2. The molecule has 2 aromatic carbocycles. The summed E-state index contributed by atoms with van der Waals surface area (Å²) < 4.78 is 1.42. The zero-order valence-electron chi connectivity index (χ0n) is 14.4. The molecule has 0 fully saturated rings. The molecule has 7 nitrogen and oxygen atoms in total. The van der Waals surface area contributed by atoms with E-state index in [1.54, 1.807) is 30.3 Å². The van der Waals surface area contributed by atoms with E-state index in [9.17, 15) is 10.1 Å². The van der Waals surface area contributed by atoms with E-state index in [4.69, 9.17) is 11.6 Å². The summed E-state index contributed by atoms with van der Waals surface area (Å²) in [5, 5.41) is 20.4. The number of aromatic nitrogens is 3. The summed E-state index contributed by atoms with van der Waals surface area (Å²) in [4.78, 5) is 17.0. The zero-order chi connectivity index (χ0) is 19.5. The molecule has 2 amide bonds. The molecule has 0 aliphatic rings. The maximum absolute atomic E-state index is 12.4. The first-order valence-electron chi connectivity index (χ1n) is 8.32. The van der Waals surface area contributed by atoms with E-state index in [2.05, 4.69) is 20.7 Å². The minimum atomic E-state index is -0.527. The van der Waals surface area contributed by atoms with E-state index in [1.807, 2.05) is 36.4 Å². The van der Waals surface area contributed by atoms with Crippen molar-refractivity contribution in [1.29, 1.82) is 5.26 Å². The van der Waals surface area contributed by atoms with Gasteiger partial charge in [-0.3, -0.25) is 5.32 Å². The average molecular weight is 389 g/mol. The second kappa shape index (κ2) is 7.39. The first kappa shape index (κ1) is 17.5. The molecule has 2 heterocycles. The highest BCUT2D eigenvalue weighted by Crippen LogP contribution is 2.22. The Hall–Kier alpha value is -3.89. The number of nitrogens with one attached hydrogen (secondary N) is 2. The predicted octanol–water partition coefficient (Wildman–Crippen LogP) is 4.59. The standard InChI is InChI=1S/C20H13ClN6O/c21-15-5-3-6-16(10-15)24-20(28)26-19-14(11-22)12-23-27(19)18-9-8-13-4-1-2-7-17(13)25-18/h1-10,12H,(H2,24,26,28). The van der Waals surface area contributed by atoms with Crippen molar-refractivity contribution in [3.05, 3.63) is 77.4 Å². The van der Waals surface area contributed by atoms with E-state index in [0.717, 1.165) is 10.9 Å². The number of carbonyl (C=O) groups is 1. The van der Waals surface area contributed by atoms with E-state index in [0.29, 0.717) is 16.5 Å². The van der Waals surface area contributed by atoms with Crippen LogP contribution >= 0.6 is 11.6 Å². The van der Waals surface area contributed by atoms with E-state index < -0.39 is 6.03 Å². The lowest BCUT2D eigenvalue weighted by Crippen LogP contribution is -2.22. The second-order valence-corrected chi connectivity index (χ2v) is 6.32. The lowest BCUT2D eigenvalue weighted by atomic mass is 10.2. The van der Waals surface area contributed by atoms with Gasteiger partial charge in [0.1, 0.15) is 11.6 Å². The van der Waals surface area contributed by atoms with Crippen LogP contribution in [0.25, 0.3) is 16.7 Å². The van der Waals surface area contributed by atoms with Crippen LogP contribution in [0.1, 0.15) is 5.56 Å². The summed E-state index contributed by atoms with van der Waals surface area (Å²) >= 11 is 5.93. The summed E-state index contributed by atoms with van der Waals surface area (Å²) in [5.41, 5.74) is 1.53. The average Bonchev–Trinajstić information content (AvgIpc) is 3.10. The van der Waals surface area contributed by atoms with Crippen molar-refractivity contribution in [2.75, 3.05) is 10.6 Å². The zero-order valence-corrected chi connectivity index (χ0v) is 15.2. The van der Waals surface area contributed by atoms with Gasteiger partial charge in [0.2, 0.25) is 0 Å². The van der Waals surface area contributed by atoms with Crippen LogP contribution in [0.2, 0.25) is 5.02 Å². The fourth-order valence-corrected chi connectivity index (χ4v) is 2.92. The number of hydrogen-bond donors (Lipinski definition) is 2. The smallest absolute Gasteiger partial charge is 0.308 e. The molecule has 4 rings (SSSR count). The van der Waals surface area contributed by atoms with Crippen molar-refractivity contribution in [1.82, 2.24) is 14.8 Å². The first-order chi connectivity index (χ1) is 13.6. The SMILES string of the molecule is N#Cc1cnn(-c2ccc3ccccc3n2)c1NC(=O)Nc1cccc(Cl)c1. The summed E-state index contributed by atoms with van der Waals surface area (Å²) in [6, 6.07) is 19.6. The molecule has 0 atom stereocenters. The number of para-hydroxylation sites is 1. The third-order valence-electron chi connectivity index (χ3n) is 4.00. The number of hydrogen-bond acceptors (Lipinski definition) is 4.